The third kappa shape index (κ3) is 3.29. The maximum atomic E-state index is 12.8. The summed E-state index contributed by atoms with van der Waals surface area (Å²) < 4.78 is 12.8. The highest BCUT2D eigenvalue weighted by Gasteiger charge is 2.32. The number of rotatable bonds is 5. The lowest BCUT2D eigenvalue weighted by atomic mass is 9.92. The Labute approximate surface area is 108 Å². The monoisotopic (exact) mass is 252 g/mol. The molecule has 0 aliphatic carbocycles. The molecular formula is C14H21FN2O. The van der Waals surface area contributed by atoms with Gasteiger partial charge in [0.05, 0.1) is 5.54 Å². The standard InChI is InChI=1S/C14H21FN2O/c1-4-14(16,5-2)13(18)17(3)10-11-6-8-12(15)9-7-11/h6-9H,4-5,10,16H2,1-3H3. The number of likely N-dealkylation sites (N-methyl/N-ethyl adjacent to an activating group) is 1. The minimum absolute atomic E-state index is 0.0724. The Hall–Kier alpha value is -1.42. The first kappa shape index (κ1) is 14.6. The molecule has 3 nitrogen and oxygen atoms in total. The van der Waals surface area contributed by atoms with Crippen LogP contribution in [0, 0.1) is 5.82 Å². The van der Waals surface area contributed by atoms with Crippen LogP contribution in [0.25, 0.3) is 0 Å². The van der Waals surface area contributed by atoms with Gasteiger partial charge in [-0.15, -0.1) is 0 Å². The smallest absolute Gasteiger partial charge is 0.242 e. The summed E-state index contributed by atoms with van der Waals surface area (Å²) in [5, 5.41) is 0. The van der Waals surface area contributed by atoms with Crippen molar-refractivity contribution < 1.29 is 9.18 Å². The second-order valence-electron chi connectivity index (χ2n) is 4.65. The van der Waals surface area contributed by atoms with Crippen LogP contribution < -0.4 is 5.73 Å². The lowest BCUT2D eigenvalue weighted by molar-refractivity contribution is -0.136. The number of benzene rings is 1. The second-order valence-corrected chi connectivity index (χ2v) is 4.65. The molecule has 0 atom stereocenters. The van der Waals surface area contributed by atoms with Crippen molar-refractivity contribution in [3.63, 3.8) is 0 Å². The van der Waals surface area contributed by atoms with Gasteiger partial charge in [0.15, 0.2) is 0 Å². The van der Waals surface area contributed by atoms with Crippen molar-refractivity contribution >= 4 is 5.91 Å². The van der Waals surface area contributed by atoms with Crippen LogP contribution in [0.5, 0.6) is 0 Å². The Bertz CT molecular complexity index is 399. The van der Waals surface area contributed by atoms with Crippen molar-refractivity contribution in [2.24, 2.45) is 5.73 Å². The zero-order valence-corrected chi connectivity index (χ0v) is 11.2. The summed E-state index contributed by atoms with van der Waals surface area (Å²) in [6, 6.07) is 6.14. The Balaban J connectivity index is 2.73. The highest BCUT2D eigenvalue weighted by Crippen LogP contribution is 2.16. The fourth-order valence-electron chi connectivity index (χ4n) is 1.87. The lowest BCUT2D eigenvalue weighted by Gasteiger charge is -2.30. The van der Waals surface area contributed by atoms with Crippen LogP contribution in [0.4, 0.5) is 4.39 Å². The average Bonchev–Trinajstić information content (AvgIpc) is 2.39. The number of nitrogens with zero attached hydrogens (tertiary/aromatic N) is 1. The number of carbonyl (C=O) groups excluding carboxylic acids is 1. The molecule has 0 saturated heterocycles. The summed E-state index contributed by atoms with van der Waals surface area (Å²) in [5.41, 5.74) is 6.16. The summed E-state index contributed by atoms with van der Waals surface area (Å²) in [7, 11) is 1.72. The Kier molecular flexibility index (Phi) is 4.84. The van der Waals surface area contributed by atoms with E-state index in [2.05, 4.69) is 0 Å². The van der Waals surface area contributed by atoms with Gasteiger partial charge in [-0.3, -0.25) is 4.79 Å². The van der Waals surface area contributed by atoms with E-state index in [0.717, 1.165) is 5.56 Å². The van der Waals surface area contributed by atoms with Crippen LogP contribution in [-0.4, -0.2) is 23.4 Å². The van der Waals surface area contributed by atoms with Gasteiger partial charge in [-0.05, 0) is 30.5 Å². The molecule has 4 heteroatoms. The quantitative estimate of drug-likeness (QED) is 0.874. The summed E-state index contributed by atoms with van der Waals surface area (Å²) in [5.74, 6) is -0.347. The van der Waals surface area contributed by atoms with Crippen LogP contribution in [0.15, 0.2) is 24.3 Å². The number of nitrogens with two attached hydrogens (primary N) is 1. The zero-order valence-electron chi connectivity index (χ0n) is 11.2. The molecule has 2 N–H and O–H groups in total. The predicted octanol–water partition coefficient (Wildman–Crippen LogP) is 2.30. The molecule has 1 amide bonds. The average molecular weight is 252 g/mol. The molecule has 0 aliphatic rings. The third-order valence-corrected chi connectivity index (χ3v) is 3.37. The van der Waals surface area contributed by atoms with Gasteiger partial charge in [0, 0.05) is 13.6 Å². The van der Waals surface area contributed by atoms with Crippen molar-refractivity contribution in [3.8, 4) is 0 Å². The summed E-state index contributed by atoms with van der Waals surface area (Å²) >= 11 is 0. The molecule has 1 aromatic rings. The second kappa shape index (κ2) is 5.96. The molecule has 0 saturated carbocycles. The minimum atomic E-state index is -0.797. The van der Waals surface area contributed by atoms with E-state index in [9.17, 15) is 9.18 Å². The van der Waals surface area contributed by atoms with E-state index in [0.29, 0.717) is 19.4 Å². The van der Waals surface area contributed by atoms with Gasteiger partial charge in [-0.25, -0.2) is 4.39 Å². The van der Waals surface area contributed by atoms with Crippen LogP contribution in [0.3, 0.4) is 0 Å². The molecule has 0 radical (unpaired) electrons. The van der Waals surface area contributed by atoms with Crippen molar-refractivity contribution in [3.05, 3.63) is 35.6 Å². The van der Waals surface area contributed by atoms with E-state index in [1.807, 2.05) is 13.8 Å². The number of hydrogen-bond donors (Lipinski definition) is 1. The molecule has 0 aromatic heterocycles. The van der Waals surface area contributed by atoms with E-state index in [1.54, 1.807) is 24.1 Å². The first-order valence-electron chi connectivity index (χ1n) is 6.22. The van der Waals surface area contributed by atoms with Crippen LogP contribution in [-0.2, 0) is 11.3 Å². The fraction of sp³-hybridized carbons (Fsp3) is 0.500. The van der Waals surface area contributed by atoms with Gasteiger partial charge in [-0.2, -0.15) is 0 Å². The Morgan fingerprint density at radius 3 is 2.22 bits per heavy atom. The van der Waals surface area contributed by atoms with Crippen molar-refractivity contribution in [2.75, 3.05) is 7.05 Å². The molecule has 0 bridgehead atoms. The van der Waals surface area contributed by atoms with E-state index in [-0.39, 0.29) is 11.7 Å². The van der Waals surface area contributed by atoms with Gasteiger partial charge in [-0.1, -0.05) is 26.0 Å². The third-order valence-electron chi connectivity index (χ3n) is 3.37. The fourth-order valence-corrected chi connectivity index (χ4v) is 1.87. The molecule has 1 aromatic carbocycles. The highest BCUT2D eigenvalue weighted by atomic mass is 19.1. The first-order valence-corrected chi connectivity index (χ1v) is 6.22. The van der Waals surface area contributed by atoms with Gasteiger partial charge in [0.1, 0.15) is 5.82 Å². The van der Waals surface area contributed by atoms with E-state index < -0.39 is 5.54 Å². The van der Waals surface area contributed by atoms with Crippen LogP contribution >= 0.6 is 0 Å². The topological polar surface area (TPSA) is 46.3 Å². The summed E-state index contributed by atoms with van der Waals surface area (Å²) in [4.78, 5) is 13.8. The zero-order chi connectivity index (χ0) is 13.8. The first-order chi connectivity index (χ1) is 8.42. The lowest BCUT2D eigenvalue weighted by Crippen LogP contribution is -2.53. The van der Waals surface area contributed by atoms with Crippen molar-refractivity contribution in [1.29, 1.82) is 0 Å². The Morgan fingerprint density at radius 2 is 1.78 bits per heavy atom. The van der Waals surface area contributed by atoms with Gasteiger partial charge in [0.2, 0.25) is 5.91 Å². The molecule has 0 unspecified atom stereocenters. The van der Waals surface area contributed by atoms with Crippen LogP contribution in [0.2, 0.25) is 0 Å². The van der Waals surface area contributed by atoms with Gasteiger partial charge < -0.3 is 10.6 Å². The molecular weight excluding hydrogens is 231 g/mol. The summed E-state index contributed by atoms with van der Waals surface area (Å²) in [6.07, 6.45) is 1.21. The largest absolute Gasteiger partial charge is 0.340 e. The SMILES string of the molecule is CCC(N)(CC)C(=O)N(C)Cc1ccc(F)cc1. The molecule has 18 heavy (non-hydrogen) atoms. The highest BCUT2D eigenvalue weighted by molar-refractivity contribution is 5.85. The molecule has 0 spiro atoms. The van der Waals surface area contributed by atoms with Crippen molar-refractivity contribution in [2.45, 2.75) is 38.8 Å². The maximum Gasteiger partial charge on any atom is 0.242 e. The molecule has 1 rings (SSSR count). The number of carbonyl (C=O) groups is 1. The molecule has 100 valence electrons. The number of halogens is 1. The normalized spacial score (nSPS) is 11.4. The number of amides is 1. The maximum absolute atomic E-state index is 12.8. The molecule has 0 fully saturated rings. The molecule has 0 aliphatic heterocycles. The predicted molar refractivity (Wildman–Crippen MR) is 70.4 cm³/mol. The van der Waals surface area contributed by atoms with Gasteiger partial charge in [0.25, 0.3) is 0 Å². The van der Waals surface area contributed by atoms with Gasteiger partial charge >= 0.3 is 0 Å². The number of hydrogen-bond acceptors (Lipinski definition) is 2. The van der Waals surface area contributed by atoms with Crippen molar-refractivity contribution in [1.82, 2.24) is 4.90 Å². The Morgan fingerprint density at radius 1 is 1.28 bits per heavy atom. The molecule has 0 heterocycles. The van der Waals surface area contributed by atoms with E-state index in [1.165, 1.54) is 12.1 Å². The van der Waals surface area contributed by atoms with E-state index >= 15 is 0 Å². The van der Waals surface area contributed by atoms with Crippen LogP contribution in [0.1, 0.15) is 32.3 Å². The van der Waals surface area contributed by atoms with E-state index in [4.69, 9.17) is 5.73 Å². The minimum Gasteiger partial charge on any atom is -0.340 e. The summed E-state index contributed by atoms with van der Waals surface area (Å²) in [6.45, 7) is 4.26.